The summed E-state index contributed by atoms with van der Waals surface area (Å²) in [6.45, 7) is -0.311. The zero-order chi connectivity index (χ0) is 25.8. The van der Waals surface area contributed by atoms with Gasteiger partial charge in [-0.2, -0.15) is 5.10 Å². The van der Waals surface area contributed by atoms with E-state index in [4.69, 9.17) is 19.3 Å². The molecule has 0 saturated heterocycles. The minimum absolute atomic E-state index is 0.0428. The molecule has 1 saturated carbocycles. The molecule has 1 aliphatic carbocycles. The van der Waals surface area contributed by atoms with Gasteiger partial charge >= 0.3 is 0 Å². The summed E-state index contributed by atoms with van der Waals surface area (Å²) >= 11 is 0. The van der Waals surface area contributed by atoms with Gasteiger partial charge in [-0.25, -0.2) is 9.40 Å². The van der Waals surface area contributed by atoms with Crippen LogP contribution in [0.2, 0.25) is 0 Å². The van der Waals surface area contributed by atoms with E-state index in [1.165, 1.54) is 17.1 Å². The molecule has 2 aliphatic rings. The van der Waals surface area contributed by atoms with Gasteiger partial charge in [0.25, 0.3) is 5.91 Å². The van der Waals surface area contributed by atoms with Crippen LogP contribution in [0.25, 0.3) is 6.08 Å². The average Bonchev–Trinajstić information content (AvgIpc) is 3.34. The fourth-order valence-corrected chi connectivity index (χ4v) is 5.01. The summed E-state index contributed by atoms with van der Waals surface area (Å²) in [4.78, 5) is 13.4. The fourth-order valence-electron chi connectivity index (χ4n) is 5.01. The van der Waals surface area contributed by atoms with Crippen LogP contribution in [0, 0.1) is 11.7 Å². The molecule has 3 aromatic rings. The van der Waals surface area contributed by atoms with E-state index in [1.807, 2.05) is 48.5 Å². The molecule has 1 aliphatic heterocycles. The van der Waals surface area contributed by atoms with Crippen molar-refractivity contribution in [2.75, 3.05) is 20.8 Å². The largest absolute Gasteiger partial charge is 0.497 e. The maximum Gasteiger partial charge on any atom is 0.281 e. The predicted octanol–water partition coefficient (Wildman–Crippen LogP) is 6.04. The number of hydrazone groups is 1. The number of allylic oxidation sites excluding steroid dienone is 1. The van der Waals surface area contributed by atoms with Gasteiger partial charge in [-0.15, -0.1) is 0 Å². The number of nitrogens with zero attached hydrogens (tertiary/aromatic N) is 2. The number of fused-ring (bicyclic) bond motifs is 1. The Morgan fingerprint density at radius 3 is 2.35 bits per heavy atom. The Kier molecular flexibility index (Phi) is 7.21. The number of rotatable bonds is 7. The third kappa shape index (κ3) is 5.21. The van der Waals surface area contributed by atoms with Gasteiger partial charge in [0.1, 0.15) is 11.5 Å². The van der Waals surface area contributed by atoms with Crippen LogP contribution >= 0.6 is 0 Å². The Balaban J connectivity index is 1.46. The number of benzene rings is 3. The number of hydrogen-bond acceptors (Lipinski definition) is 5. The molecule has 190 valence electrons. The van der Waals surface area contributed by atoms with Crippen molar-refractivity contribution in [2.45, 2.75) is 25.3 Å². The summed E-state index contributed by atoms with van der Waals surface area (Å²) in [6, 6.07) is 21.4. The van der Waals surface area contributed by atoms with Crippen molar-refractivity contribution in [1.29, 1.82) is 0 Å². The first-order valence-corrected chi connectivity index (χ1v) is 12.3. The summed E-state index contributed by atoms with van der Waals surface area (Å²) < 4.78 is 30.2. The molecule has 0 aromatic heterocycles. The van der Waals surface area contributed by atoms with Gasteiger partial charge in [-0.3, -0.25) is 4.79 Å². The maximum absolute atomic E-state index is 14.1. The molecule has 0 N–H and O–H groups in total. The van der Waals surface area contributed by atoms with Gasteiger partial charge in [0, 0.05) is 5.92 Å². The van der Waals surface area contributed by atoms with Crippen LogP contribution in [0.15, 0.2) is 83.5 Å². The number of carbonyl (C=O) groups is 1. The number of para-hydroxylation sites is 1. The molecular formula is C30H29FN2O4. The Hall–Kier alpha value is -4.13. The molecule has 1 amide bonds. The first-order valence-electron chi connectivity index (χ1n) is 12.3. The molecular weight excluding hydrogens is 471 g/mol. The van der Waals surface area contributed by atoms with Gasteiger partial charge in [0.15, 0.2) is 18.2 Å². The summed E-state index contributed by atoms with van der Waals surface area (Å²) in [7, 11) is 3.27. The molecule has 2 atom stereocenters. The van der Waals surface area contributed by atoms with Crippen molar-refractivity contribution in [3.05, 3.63) is 95.3 Å². The molecule has 1 heterocycles. The van der Waals surface area contributed by atoms with Crippen molar-refractivity contribution in [3.63, 3.8) is 0 Å². The SMILES string of the molecule is COc1ccc(/C=C2\CCC[C@@H]3C2=NN(C(=O)COc2ccccc2F)[C@H]3c2ccc(OC)cc2)cc1. The van der Waals surface area contributed by atoms with Crippen LogP contribution in [-0.4, -0.2) is 37.5 Å². The van der Waals surface area contributed by atoms with Crippen LogP contribution in [-0.2, 0) is 4.79 Å². The Morgan fingerprint density at radius 1 is 1.00 bits per heavy atom. The number of carbonyl (C=O) groups excluding carboxylic acids is 1. The van der Waals surface area contributed by atoms with E-state index >= 15 is 0 Å². The van der Waals surface area contributed by atoms with Crippen LogP contribution in [0.4, 0.5) is 4.39 Å². The van der Waals surface area contributed by atoms with Gasteiger partial charge in [-0.05, 0) is 78.4 Å². The van der Waals surface area contributed by atoms with E-state index in [0.29, 0.717) is 0 Å². The third-order valence-electron chi connectivity index (χ3n) is 6.86. The van der Waals surface area contributed by atoms with E-state index < -0.39 is 5.82 Å². The first kappa shape index (κ1) is 24.6. The number of amides is 1. The van der Waals surface area contributed by atoms with E-state index in [9.17, 15) is 9.18 Å². The number of ether oxygens (including phenoxy) is 3. The van der Waals surface area contributed by atoms with Gasteiger partial charge < -0.3 is 14.2 Å². The fraction of sp³-hybridized carbons (Fsp3) is 0.267. The molecule has 0 unspecified atom stereocenters. The minimum Gasteiger partial charge on any atom is -0.497 e. The summed E-state index contributed by atoms with van der Waals surface area (Å²) in [5.74, 6) is 0.800. The highest BCUT2D eigenvalue weighted by molar-refractivity contribution is 6.08. The van der Waals surface area contributed by atoms with Crippen molar-refractivity contribution in [2.24, 2.45) is 11.0 Å². The monoisotopic (exact) mass is 500 g/mol. The normalized spacial score (nSPS) is 19.8. The van der Waals surface area contributed by atoms with E-state index in [1.54, 1.807) is 26.4 Å². The quantitative estimate of drug-likeness (QED) is 0.397. The van der Waals surface area contributed by atoms with E-state index in [-0.39, 0.29) is 30.2 Å². The molecule has 6 nitrogen and oxygen atoms in total. The van der Waals surface area contributed by atoms with Gasteiger partial charge in [-0.1, -0.05) is 36.4 Å². The molecule has 3 aromatic carbocycles. The lowest BCUT2D eigenvalue weighted by atomic mass is 9.77. The topological polar surface area (TPSA) is 60.4 Å². The molecule has 1 fully saturated rings. The van der Waals surface area contributed by atoms with Gasteiger partial charge in [0.2, 0.25) is 0 Å². The highest BCUT2D eigenvalue weighted by Gasteiger charge is 2.43. The second-order valence-corrected chi connectivity index (χ2v) is 9.10. The molecule has 5 rings (SSSR count). The van der Waals surface area contributed by atoms with Crippen LogP contribution in [0.1, 0.15) is 36.4 Å². The second kappa shape index (κ2) is 10.9. The maximum atomic E-state index is 14.1. The summed E-state index contributed by atoms with van der Waals surface area (Å²) in [5, 5.41) is 6.38. The molecule has 0 bridgehead atoms. The standard InChI is InChI=1S/C30H29FN2O4/c1-35-23-14-10-20(11-15-23)18-22-6-5-7-25-29(22)32-33(30(25)21-12-16-24(36-2)17-13-21)28(34)19-37-27-9-4-3-8-26(27)31/h3-4,8-18,25,30H,5-7,19H2,1-2H3/b22-18+/t25-,30+/m1/s1. The van der Waals surface area contributed by atoms with Gasteiger partial charge in [0.05, 0.1) is 26.0 Å². The second-order valence-electron chi connectivity index (χ2n) is 9.10. The summed E-state index contributed by atoms with van der Waals surface area (Å²) in [5.41, 5.74) is 4.05. The molecule has 7 heteroatoms. The Bertz CT molecular complexity index is 1320. The number of halogens is 1. The predicted molar refractivity (Wildman–Crippen MR) is 140 cm³/mol. The Labute approximate surface area is 216 Å². The Morgan fingerprint density at radius 2 is 1.68 bits per heavy atom. The van der Waals surface area contributed by atoms with E-state index in [2.05, 4.69) is 6.08 Å². The van der Waals surface area contributed by atoms with Crippen molar-refractivity contribution < 1.29 is 23.4 Å². The molecule has 0 spiro atoms. The average molecular weight is 501 g/mol. The van der Waals surface area contributed by atoms with Crippen LogP contribution < -0.4 is 14.2 Å². The van der Waals surface area contributed by atoms with Crippen LogP contribution in [0.5, 0.6) is 17.2 Å². The molecule has 37 heavy (non-hydrogen) atoms. The number of hydrogen-bond donors (Lipinski definition) is 0. The summed E-state index contributed by atoms with van der Waals surface area (Å²) in [6.07, 6.45) is 4.92. The smallest absolute Gasteiger partial charge is 0.281 e. The lowest BCUT2D eigenvalue weighted by Crippen LogP contribution is -2.34. The zero-order valence-electron chi connectivity index (χ0n) is 20.9. The lowest BCUT2D eigenvalue weighted by molar-refractivity contribution is -0.135. The highest BCUT2D eigenvalue weighted by atomic mass is 19.1. The highest BCUT2D eigenvalue weighted by Crippen LogP contribution is 2.44. The van der Waals surface area contributed by atoms with Crippen molar-refractivity contribution in [3.8, 4) is 17.2 Å². The van der Waals surface area contributed by atoms with E-state index in [0.717, 1.165) is 53.2 Å². The lowest BCUT2D eigenvalue weighted by Gasteiger charge is -2.29. The van der Waals surface area contributed by atoms with Crippen molar-refractivity contribution >= 4 is 17.7 Å². The van der Waals surface area contributed by atoms with Crippen LogP contribution in [0.3, 0.4) is 0 Å². The molecule has 0 radical (unpaired) electrons. The minimum atomic E-state index is -0.506. The third-order valence-corrected chi connectivity index (χ3v) is 6.86. The first-order chi connectivity index (χ1) is 18.1. The zero-order valence-corrected chi connectivity index (χ0v) is 20.9. The van der Waals surface area contributed by atoms with Crippen molar-refractivity contribution in [1.82, 2.24) is 5.01 Å². The number of methoxy groups -OCH3 is 2.